The van der Waals surface area contributed by atoms with Crippen LogP contribution in [0.1, 0.15) is 10.4 Å². The topological polar surface area (TPSA) is 131 Å². The molecule has 0 fully saturated rings. The number of urea groups is 1. The summed E-state index contributed by atoms with van der Waals surface area (Å²) in [6, 6.07) is 8.91. The number of rotatable bonds is 6. The Morgan fingerprint density at radius 3 is 2.32 bits per heavy atom. The Morgan fingerprint density at radius 2 is 1.68 bits per heavy atom. The summed E-state index contributed by atoms with van der Waals surface area (Å²) in [6.45, 7) is -0.745. The highest BCUT2D eigenvalue weighted by atomic mass is 32.2. The molecule has 0 unspecified atom stereocenters. The number of hydrogen-bond acceptors (Lipinski definition) is 6. The number of ether oxygens (including phenoxy) is 1. The van der Waals surface area contributed by atoms with Crippen LogP contribution in [0.2, 0.25) is 0 Å². The van der Waals surface area contributed by atoms with Crippen molar-refractivity contribution < 1.29 is 31.9 Å². The highest BCUT2D eigenvalue weighted by Gasteiger charge is 2.20. The number of halogens is 1. The zero-order chi connectivity index (χ0) is 20.7. The molecule has 0 aliphatic carbocycles. The molecule has 3 amide bonds. The van der Waals surface area contributed by atoms with Crippen LogP contribution in [-0.4, -0.2) is 40.0 Å². The monoisotopic (exact) mass is 409 g/mol. The molecule has 11 heteroatoms. The summed E-state index contributed by atoms with van der Waals surface area (Å²) in [5.74, 6) is -2.44. The Bertz CT molecular complexity index is 992. The quantitative estimate of drug-likeness (QED) is 0.616. The zero-order valence-electron chi connectivity index (χ0n) is 14.6. The maximum Gasteiger partial charge on any atom is 0.340 e. The third-order valence-electron chi connectivity index (χ3n) is 3.33. The van der Waals surface area contributed by atoms with Crippen molar-refractivity contribution in [2.45, 2.75) is 4.90 Å². The predicted molar refractivity (Wildman–Crippen MR) is 96.5 cm³/mol. The number of esters is 1. The van der Waals surface area contributed by atoms with Crippen molar-refractivity contribution in [1.82, 2.24) is 10.6 Å². The van der Waals surface area contributed by atoms with Gasteiger partial charge >= 0.3 is 12.0 Å². The standard InChI is InChI=1S/C17H16FN3O6S/c1-19-17(24)20-15(22)10-27-16(23)13-4-2-3-5-14(13)21-28(25,26)12-8-6-11(18)7-9-12/h2-9,21H,10H2,1H3,(H2,19,20,22,24). The van der Waals surface area contributed by atoms with Gasteiger partial charge in [-0.2, -0.15) is 0 Å². The minimum Gasteiger partial charge on any atom is -0.452 e. The first-order valence-corrected chi connectivity index (χ1v) is 9.27. The number of amides is 3. The number of benzene rings is 2. The maximum atomic E-state index is 13.0. The van der Waals surface area contributed by atoms with Crippen molar-refractivity contribution >= 4 is 33.6 Å². The molecule has 0 aliphatic heterocycles. The van der Waals surface area contributed by atoms with E-state index in [0.29, 0.717) is 0 Å². The molecule has 0 spiro atoms. The molecule has 2 aromatic rings. The predicted octanol–water partition coefficient (Wildman–Crippen LogP) is 1.24. The van der Waals surface area contributed by atoms with Gasteiger partial charge in [0, 0.05) is 7.05 Å². The van der Waals surface area contributed by atoms with Gasteiger partial charge in [0.25, 0.3) is 15.9 Å². The number of carbonyl (C=O) groups is 3. The molecule has 0 bridgehead atoms. The van der Waals surface area contributed by atoms with Gasteiger partial charge in [0.15, 0.2) is 6.61 Å². The SMILES string of the molecule is CNC(=O)NC(=O)COC(=O)c1ccccc1NS(=O)(=O)c1ccc(F)cc1. The normalized spacial score (nSPS) is 10.6. The Kier molecular flexibility index (Phi) is 6.66. The van der Waals surface area contributed by atoms with Gasteiger partial charge in [0.2, 0.25) is 0 Å². The minimum absolute atomic E-state index is 0.0939. The summed E-state index contributed by atoms with van der Waals surface area (Å²) < 4.78 is 44.8. The van der Waals surface area contributed by atoms with E-state index < -0.39 is 40.4 Å². The molecule has 0 saturated carbocycles. The van der Waals surface area contributed by atoms with Crippen molar-refractivity contribution in [2.75, 3.05) is 18.4 Å². The van der Waals surface area contributed by atoms with Crippen molar-refractivity contribution in [1.29, 1.82) is 0 Å². The van der Waals surface area contributed by atoms with Crippen LogP contribution in [0.25, 0.3) is 0 Å². The minimum atomic E-state index is -4.09. The van der Waals surface area contributed by atoms with Gasteiger partial charge in [-0.15, -0.1) is 0 Å². The maximum absolute atomic E-state index is 13.0. The van der Waals surface area contributed by atoms with E-state index in [1.807, 2.05) is 5.32 Å². The Morgan fingerprint density at radius 1 is 1.04 bits per heavy atom. The lowest BCUT2D eigenvalue weighted by Gasteiger charge is -2.12. The molecule has 0 atom stereocenters. The molecule has 2 rings (SSSR count). The van der Waals surface area contributed by atoms with Crippen LogP contribution in [0.4, 0.5) is 14.9 Å². The number of anilines is 1. The zero-order valence-corrected chi connectivity index (χ0v) is 15.4. The van der Waals surface area contributed by atoms with E-state index in [1.165, 1.54) is 31.3 Å². The number of para-hydroxylation sites is 1. The second kappa shape index (κ2) is 8.95. The van der Waals surface area contributed by atoms with Crippen molar-refractivity contribution in [3.05, 3.63) is 59.9 Å². The smallest absolute Gasteiger partial charge is 0.340 e. The van der Waals surface area contributed by atoms with Gasteiger partial charge in [0.1, 0.15) is 5.82 Å². The van der Waals surface area contributed by atoms with E-state index in [-0.39, 0.29) is 16.1 Å². The van der Waals surface area contributed by atoms with Crippen LogP contribution in [0.15, 0.2) is 53.4 Å². The average molecular weight is 409 g/mol. The van der Waals surface area contributed by atoms with E-state index in [4.69, 9.17) is 4.74 Å². The highest BCUT2D eigenvalue weighted by molar-refractivity contribution is 7.92. The van der Waals surface area contributed by atoms with Crippen molar-refractivity contribution in [2.24, 2.45) is 0 Å². The van der Waals surface area contributed by atoms with Crippen LogP contribution >= 0.6 is 0 Å². The largest absolute Gasteiger partial charge is 0.452 e. The Labute approximate surface area is 159 Å². The van der Waals surface area contributed by atoms with Gasteiger partial charge in [-0.25, -0.2) is 22.4 Å². The summed E-state index contributed by atoms with van der Waals surface area (Å²) in [4.78, 5) is 34.5. The fourth-order valence-corrected chi connectivity index (χ4v) is 3.08. The molecule has 0 aromatic heterocycles. The Hall–Kier alpha value is -3.47. The van der Waals surface area contributed by atoms with E-state index in [9.17, 15) is 27.2 Å². The summed E-state index contributed by atoms with van der Waals surface area (Å²) in [5.41, 5.74) is -0.246. The molecule has 148 valence electrons. The molecular weight excluding hydrogens is 393 g/mol. The molecule has 2 aromatic carbocycles. The van der Waals surface area contributed by atoms with Crippen molar-refractivity contribution in [3.63, 3.8) is 0 Å². The molecule has 28 heavy (non-hydrogen) atoms. The first-order chi connectivity index (χ1) is 13.2. The molecular formula is C17H16FN3O6S. The highest BCUT2D eigenvalue weighted by Crippen LogP contribution is 2.21. The van der Waals surface area contributed by atoms with Gasteiger partial charge in [-0.3, -0.25) is 14.8 Å². The second-order valence-electron chi connectivity index (χ2n) is 5.31. The first-order valence-electron chi connectivity index (χ1n) is 7.79. The van der Waals surface area contributed by atoms with Crippen LogP contribution in [0, 0.1) is 5.82 Å². The van der Waals surface area contributed by atoms with Crippen LogP contribution in [0.3, 0.4) is 0 Å². The van der Waals surface area contributed by atoms with E-state index in [0.717, 1.165) is 24.3 Å². The fourth-order valence-electron chi connectivity index (χ4n) is 2.00. The first kappa shape index (κ1) is 20.8. The summed E-state index contributed by atoms with van der Waals surface area (Å²) >= 11 is 0. The average Bonchev–Trinajstić information content (AvgIpc) is 2.66. The second-order valence-corrected chi connectivity index (χ2v) is 6.99. The number of sulfonamides is 1. The molecule has 9 nitrogen and oxygen atoms in total. The Balaban J connectivity index is 2.14. The lowest BCUT2D eigenvalue weighted by Crippen LogP contribution is -2.39. The van der Waals surface area contributed by atoms with Gasteiger partial charge < -0.3 is 10.1 Å². The number of imide groups is 1. The fraction of sp³-hybridized carbons (Fsp3) is 0.118. The van der Waals surface area contributed by atoms with Crippen LogP contribution < -0.4 is 15.4 Å². The number of nitrogens with one attached hydrogen (secondary N) is 3. The third kappa shape index (κ3) is 5.51. The summed E-state index contributed by atoms with van der Waals surface area (Å²) in [7, 11) is -2.79. The van der Waals surface area contributed by atoms with Crippen LogP contribution in [-0.2, 0) is 19.6 Å². The van der Waals surface area contributed by atoms with E-state index in [2.05, 4.69) is 10.0 Å². The molecule has 0 heterocycles. The summed E-state index contributed by atoms with van der Waals surface area (Å²) in [6.07, 6.45) is 0. The van der Waals surface area contributed by atoms with Gasteiger partial charge in [0.05, 0.1) is 16.1 Å². The lowest BCUT2D eigenvalue weighted by molar-refractivity contribution is -0.123. The molecule has 0 aliphatic rings. The molecule has 0 radical (unpaired) electrons. The van der Waals surface area contributed by atoms with Gasteiger partial charge in [-0.05, 0) is 36.4 Å². The lowest BCUT2D eigenvalue weighted by atomic mass is 10.2. The molecule has 3 N–H and O–H groups in total. The molecule has 0 saturated heterocycles. The summed E-state index contributed by atoms with van der Waals surface area (Å²) in [5, 5.41) is 4.06. The number of hydrogen-bond donors (Lipinski definition) is 3. The van der Waals surface area contributed by atoms with E-state index >= 15 is 0 Å². The van der Waals surface area contributed by atoms with Crippen LogP contribution in [0.5, 0.6) is 0 Å². The van der Waals surface area contributed by atoms with E-state index in [1.54, 1.807) is 0 Å². The van der Waals surface area contributed by atoms with Crippen molar-refractivity contribution in [3.8, 4) is 0 Å². The number of carbonyl (C=O) groups excluding carboxylic acids is 3. The van der Waals surface area contributed by atoms with Gasteiger partial charge in [-0.1, -0.05) is 12.1 Å². The third-order valence-corrected chi connectivity index (χ3v) is 4.71.